The maximum atomic E-state index is 3.51. The molecule has 0 aromatic heterocycles. The lowest BCUT2D eigenvalue weighted by Gasteiger charge is -2.21. The molecule has 0 bridgehead atoms. The number of hydrogen-bond donors (Lipinski definition) is 0. The van der Waals surface area contributed by atoms with Gasteiger partial charge in [-0.2, -0.15) is 0 Å². The number of benzene rings is 1. The fraction of sp³-hybridized carbons (Fsp3) is 0.455. The summed E-state index contributed by atoms with van der Waals surface area (Å²) in [5.74, 6) is 0.874. The van der Waals surface area contributed by atoms with Gasteiger partial charge in [0.25, 0.3) is 0 Å². The molecule has 1 aromatic rings. The van der Waals surface area contributed by atoms with Crippen LogP contribution in [0.5, 0.6) is 0 Å². The van der Waals surface area contributed by atoms with Crippen molar-refractivity contribution in [2.24, 2.45) is 5.92 Å². The van der Waals surface area contributed by atoms with Gasteiger partial charge in [-0.1, -0.05) is 28.9 Å². The minimum atomic E-state index is 0.874. The summed E-state index contributed by atoms with van der Waals surface area (Å²) in [6, 6.07) is 6.67. The van der Waals surface area contributed by atoms with Gasteiger partial charge in [0.2, 0.25) is 0 Å². The molecule has 64 valence electrons. The third-order valence-corrected chi connectivity index (χ3v) is 3.14. The van der Waals surface area contributed by atoms with E-state index in [0.717, 1.165) is 5.92 Å². The Morgan fingerprint density at radius 1 is 1.33 bits per heavy atom. The summed E-state index contributed by atoms with van der Waals surface area (Å²) < 4.78 is 1.22. The molecule has 0 N–H and O–H groups in total. The van der Waals surface area contributed by atoms with Crippen LogP contribution in [0.15, 0.2) is 22.7 Å². The predicted octanol–water partition coefficient (Wildman–Crippen LogP) is 3.57. The highest BCUT2D eigenvalue weighted by molar-refractivity contribution is 9.10. The SMILES string of the molecule is C[C@@H]1CCc2cc(Br)ccc2C1. The quantitative estimate of drug-likeness (QED) is 0.633. The maximum absolute atomic E-state index is 3.51. The van der Waals surface area contributed by atoms with Crippen LogP contribution in [0.3, 0.4) is 0 Å². The smallest absolute Gasteiger partial charge is 0.0178 e. The van der Waals surface area contributed by atoms with Gasteiger partial charge in [0, 0.05) is 4.47 Å². The molecule has 2 rings (SSSR count). The van der Waals surface area contributed by atoms with Crippen molar-refractivity contribution < 1.29 is 0 Å². The van der Waals surface area contributed by atoms with Crippen LogP contribution in [-0.2, 0) is 12.8 Å². The molecule has 0 aliphatic heterocycles. The molecular weight excluding hydrogens is 212 g/mol. The van der Waals surface area contributed by atoms with E-state index in [1.807, 2.05) is 0 Å². The molecule has 0 spiro atoms. The van der Waals surface area contributed by atoms with Crippen LogP contribution in [0.4, 0.5) is 0 Å². The first-order chi connectivity index (χ1) is 5.75. The van der Waals surface area contributed by atoms with Crippen LogP contribution in [0, 0.1) is 5.92 Å². The molecule has 1 aromatic carbocycles. The molecule has 0 saturated carbocycles. The first kappa shape index (κ1) is 8.31. The lowest BCUT2D eigenvalue weighted by Crippen LogP contribution is -2.10. The first-order valence-corrected chi connectivity index (χ1v) is 5.32. The van der Waals surface area contributed by atoms with Crippen molar-refractivity contribution in [3.05, 3.63) is 33.8 Å². The zero-order valence-corrected chi connectivity index (χ0v) is 8.89. The van der Waals surface area contributed by atoms with Gasteiger partial charge >= 0.3 is 0 Å². The van der Waals surface area contributed by atoms with Crippen molar-refractivity contribution in [3.8, 4) is 0 Å². The minimum Gasteiger partial charge on any atom is -0.0622 e. The molecule has 0 fully saturated rings. The number of halogens is 1. The van der Waals surface area contributed by atoms with Crippen molar-refractivity contribution >= 4 is 15.9 Å². The second-order valence-corrected chi connectivity index (χ2v) is 4.68. The van der Waals surface area contributed by atoms with E-state index in [0.29, 0.717) is 0 Å². The molecular formula is C11H13Br. The Hall–Kier alpha value is -0.300. The van der Waals surface area contributed by atoms with Gasteiger partial charge < -0.3 is 0 Å². The molecule has 1 atom stereocenters. The van der Waals surface area contributed by atoms with Crippen molar-refractivity contribution in [3.63, 3.8) is 0 Å². The number of rotatable bonds is 0. The summed E-state index contributed by atoms with van der Waals surface area (Å²) in [6.45, 7) is 2.34. The third kappa shape index (κ3) is 1.56. The Morgan fingerprint density at radius 2 is 2.17 bits per heavy atom. The summed E-state index contributed by atoms with van der Waals surface area (Å²) in [5.41, 5.74) is 3.10. The second-order valence-electron chi connectivity index (χ2n) is 3.76. The average Bonchev–Trinajstić information content (AvgIpc) is 2.05. The van der Waals surface area contributed by atoms with Crippen LogP contribution in [0.1, 0.15) is 24.5 Å². The number of hydrogen-bond acceptors (Lipinski definition) is 0. The van der Waals surface area contributed by atoms with Crippen LogP contribution < -0.4 is 0 Å². The maximum Gasteiger partial charge on any atom is 0.0178 e. The average molecular weight is 225 g/mol. The lowest BCUT2D eigenvalue weighted by atomic mass is 9.85. The van der Waals surface area contributed by atoms with E-state index >= 15 is 0 Å². The fourth-order valence-corrected chi connectivity index (χ4v) is 2.31. The number of fused-ring (bicyclic) bond motifs is 1. The van der Waals surface area contributed by atoms with Crippen molar-refractivity contribution in [2.45, 2.75) is 26.2 Å². The predicted molar refractivity (Wildman–Crippen MR) is 55.3 cm³/mol. The Labute approximate surface area is 82.1 Å². The van der Waals surface area contributed by atoms with E-state index in [-0.39, 0.29) is 0 Å². The van der Waals surface area contributed by atoms with Crippen LogP contribution in [0.2, 0.25) is 0 Å². The summed E-state index contributed by atoms with van der Waals surface area (Å²) in [5, 5.41) is 0. The van der Waals surface area contributed by atoms with Crippen LogP contribution >= 0.6 is 15.9 Å². The molecule has 0 unspecified atom stereocenters. The van der Waals surface area contributed by atoms with E-state index in [1.165, 1.54) is 23.7 Å². The monoisotopic (exact) mass is 224 g/mol. The molecule has 0 saturated heterocycles. The van der Waals surface area contributed by atoms with Gasteiger partial charge in [0.05, 0.1) is 0 Å². The molecule has 1 aliphatic rings. The topological polar surface area (TPSA) is 0 Å². The summed E-state index contributed by atoms with van der Waals surface area (Å²) >= 11 is 3.51. The van der Waals surface area contributed by atoms with Gasteiger partial charge in [-0.05, 0) is 48.4 Å². The summed E-state index contributed by atoms with van der Waals surface area (Å²) in [6.07, 6.45) is 3.88. The first-order valence-electron chi connectivity index (χ1n) is 4.53. The Morgan fingerprint density at radius 3 is 3.00 bits per heavy atom. The highest BCUT2D eigenvalue weighted by atomic mass is 79.9. The Bertz CT molecular complexity index is 291. The molecule has 0 radical (unpaired) electrons. The molecule has 0 nitrogen and oxygen atoms in total. The Balaban J connectivity index is 2.37. The summed E-state index contributed by atoms with van der Waals surface area (Å²) in [4.78, 5) is 0. The molecule has 0 heterocycles. The van der Waals surface area contributed by atoms with E-state index in [4.69, 9.17) is 0 Å². The largest absolute Gasteiger partial charge is 0.0622 e. The van der Waals surface area contributed by atoms with E-state index < -0.39 is 0 Å². The van der Waals surface area contributed by atoms with E-state index in [2.05, 4.69) is 41.1 Å². The number of aryl methyl sites for hydroxylation is 1. The van der Waals surface area contributed by atoms with Gasteiger partial charge in [-0.25, -0.2) is 0 Å². The zero-order chi connectivity index (χ0) is 8.55. The minimum absolute atomic E-state index is 0.874. The zero-order valence-electron chi connectivity index (χ0n) is 7.31. The standard InChI is InChI=1S/C11H13Br/c1-8-2-3-10-7-11(12)5-4-9(10)6-8/h4-5,7-8H,2-3,6H2,1H3/t8-/m1/s1. The third-order valence-electron chi connectivity index (χ3n) is 2.64. The van der Waals surface area contributed by atoms with Crippen LogP contribution in [0.25, 0.3) is 0 Å². The second kappa shape index (κ2) is 3.21. The molecule has 1 aliphatic carbocycles. The highest BCUT2D eigenvalue weighted by Crippen LogP contribution is 2.27. The van der Waals surface area contributed by atoms with Crippen molar-refractivity contribution in [2.75, 3.05) is 0 Å². The molecule has 0 amide bonds. The van der Waals surface area contributed by atoms with E-state index in [9.17, 15) is 0 Å². The Kier molecular flexibility index (Phi) is 2.22. The molecule has 12 heavy (non-hydrogen) atoms. The highest BCUT2D eigenvalue weighted by Gasteiger charge is 2.14. The lowest BCUT2D eigenvalue weighted by molar-refractivity contribution is 0.501. The van der Waals surface area contributed by atoms with Gasteiger partial charge in [0.1, 0.15) is 0 Å². The van der Waals surface area contributed by atoms with Gasteiger partial charge in [-0.15, -0.1) is 0 Å². The van der Waals surface area contributed by atoms with E-state index in [1.54, 1.807) is 11.1 Å². The van der Waals surface area contributed by atoms with Gasteiger partial charge in [-0.3, -0.25) is 0 Å². The van der Waals surface area contributed by atoms with Crippen molar-refractivity contribution in [1.29, 1.82) is 0 Å². The summed E-state index contributed by atoms with van der Waals surface area (Å²) in [7, 11) is 0. The van der Waals surface area contributed by atoms with Crippen LogP contribution in [-0.4, -0.2) is 0 Å². The fourth-order valence-electron chi connectivity index (χ4n) is 1.91. The van der Waals surface area contributed by atoms with Gasteiger partial charge in [0.15, 0.2) is 0 Å². The molecule has 1 heteroatoms. The van der Waals surface area contributed by atoms with Crippen molar-refractivity contribution in [1.82, 2.24) is 0 Å². The normalized spacial score (nSPS) is 22.0.